The zero-order valence-corrected chi connectivity index (χ0v) is 10.2. The molecule has 2 aliphatic heterocycles. The van der Waals surface area contributed by atoms with Gasteiger partial charge in [0.2, 0.25) is 0 Å². The van der Waals surface area contributed by atoms with Gasteiger partial charge in [0.25, 0.3) is 0 Å². The molecular weight excluding hydrogens is 273 g/mol. The number of nitro benzene ring substituents is 1. The number of nitro groups is 1. The lowest BCUT2D eigenvalue weighted by Crippen LogP contribution is -2.33. The maximum Gasteiger partial charge on any atom is 0.311 e. The molecule has 1 aromatic carbocycles. The number of Topliss-reactive ketones (excluding diaryl/α,β-unsaturated/α-hetero) is 1. The van der Waals surface area contributed by atoms with Gasteiger partial charge in [0.05, 0.1) is 11.5 Å². The van der Waals surface area contributed by atoms with Crippen LogP contribution in [0.2, 0.25) is 0 Å². The van der Waals surface area contributed by atoms with Crippen LogP contribution in [0.5, 0.6) is 5.75 Å². The predicted octanol–water partition coefficient (Wildman–Crippen LogP) is 0.848. The molecule has 2 aliphatic rings. The number of nitrogens with zero attached hydrogens (tertiary/aromatic N) is 1. The number of ketones is 1. The Morgan fingerprint density at radius 1 is 1.40 bits per heavy atom. The van der Waals surface area contributed by atoms with Gasteiger partial charge in [-0.3, -0.25) is 14.9 Å². The van der Waals surface area contributed by atoms with E-state index in [1.54, 1.807) is 0 Å². The van der Waals surface area contributed by atoms with E-state index >= 15 is 0 Å². The summed E-state index contributed by atoms with van der Waals surface area (Å²) in [5.74, 6) is -1.04. The number of fused-ring (bicyclic) bond motifs is 1. The van der Waals surface area contributed by atoms with Crippen molar-refractivity contribution in [3.63, 3.8) is 0 Å². The van der Waals surface area contributed by atoms with E-state index in [4.69, 9.17) is 14.2 Å². The molecule has 0 spiro atoms. The number of carbonyl (C=O) groups excluding carboxylic acids is 1. The molecule has 20 heavy (non-hydrogen) atoms. The summed E-state index contributed by atoms with van der Waals surface area (Å²) in [5.41, 5.74) is -0.348. The highest BCUT2D eigenvalue weighted by Crippen LogP contribution is 2.33. The maximum absolute atomic E-state index is 13.2. The van der Waals surface area contributed by atoms with Gasteiger partial charge in [-0.15, -0.1) is 0 Å². The first kappa shape index (κ1) is 12.9. The van der Waals surface area contributed by atoms with Crippen molar-refractivity contribution >= 4 is 11.5 Å². The third-order valence-electron chi connectivity index (χ3n) is 3.24. The summed E-state index contributed by atoms with van der Waals surface area (Å²) < 4.78 is 29.1. The van der Waals surface area contributed by atoms with Gasteiger partial charge >= 0.3 is 5.69 Å². The summed E-state index contributed by atoms with van der Waals surface area (Å²) >= 11 is 0. The minimum Gasteiger partial charge on any atom is -0.478 e. The molecule has 8 heteroatoms. The highest BCUT2D eigenvalue weighted by atomic mass is 19.1. The molecule has 2 saturated heterocycles. The van der Waals surface area contributed by atoms with E-state index in [-0.39, 0.29) is 30.4 Å². The fourth-order valence-electron chi connectivity index (χ4n) is 2.31. The van der Waals surface area contributed by atoms with Crippen LogP contribution in [-0.2, 0) is 14.3 Å². The van der Waals surface area contributed by atoms with Crippen molar-refractivity contribution < 1.29 is 28.3 Å². The van der Waals surface area contributed by atoms with Gasteiger partial charge in [-0.25, -0.2) is 4.39 Å². The van der Waals surface area contributed by atoms with Crippen LogP contribution in [0.4, 0.5) is 10.1 Å². The van der Waals surface area contributed by atoms with Crippen molar-refractivity contribution in [2.75, 3.05) is 13.2 Å². The molecule has 2 fully saturated rings. The van der Waals surface area contributed by atoms with Gasteiger partial charge < -0.3 is 14.2 Å². The first-order valence-corrected chi connectivity index (χ1v) is 5.93. The van der Waals surface area contributed by atoms with Crippen molar-refractivity contribution in [1.82, 2.24) is 0 Å². The summed E-state index contributed by atoms with van der Waals surface area (Å²) in [4.78, 5) is 21.6. The van der Waals surface area contributed by atoms with Crippen LogP contribution in [0.3, 0.4) is 0 Å². The molecule has 0 aliphatic carbocycles. The van der Waals surface area contributed by atoms with Crippen molar-refractivity contribution in [1.29, 1.82) is 0 Å². The van der Waals surface area contributed by atoms with Crippen molar-refractivity contribution in [2.24, 2.45) is 0 Å². The molecule has 3 unspecified atom stereocenters. The lowest BCUT2D eigenvalue weighted by atomic mass is 10.1. The van der Waals surface area contributed by atoms with E-state index in [2.05, 4.69) is 0 Å². The van der Waals surface area contributed by atoms with Crippen LogP contribution in [0.1, 0.15) is 0 Å². The molecule has 106 valence electrons. The molecule has 0 N–H and O–H groups in total. The van der Waals surface area contributed by atoms with E-state index in [0.29, 0.717) is 0 Å². The van der Waals surface area contributed by atoms with Crippen LogP contribution in [0.15, 0.2) is 18.2 Å². The van der Waals surface area contributed by atoms with E-state index in [1.807, 2.05) is 0 Å². The monoisotopic (exact) mass is 283 g/mol. The van der Waals surface area contributed by atoms with Crippen molar-refractivity contribution in [3.8, 4) is 5.75 Å². The first-order chi connectivity index (χ1) is 9.56. The SMILES string of the molecule is O=C1COC2C(Oc3cc(F)ccc3[N+](=O)[O-])COC12. The van der Waals surface area contributed by atoms with Crippen LogP contribution in [-0.4, -0.2) is 42.2 Å². The van der Waals surface area contributed by atoms with Crippen LogP contribution >= 0.6 is 0 Å². The predicted molar refractivity (Wildman–Crippen MR) is 62.0 cm³/mol. The van der Waals surface area contributed by atoms with E-state index in [0.717, 1.165) is 18.2 Å². The molecule has 7 nitrogen and oxygen atoms in total. The Balaban J connectivity index is 1.83. The van der Waals surface area contributed by atoms with Crippen molar-refractivity contribution in [2.45, 2.75) is 18.3 Å². The summed E-state index contributed by atoms with van der Waals surface area (Å²) in [7, 11) is 0. The van der Waals surface area contributed by atoms with Crippen LogP contribution < -0.4 is 4.74 Å². The van der Waals surface area contributed by atoms with Gasteiger partial charge in [-0.05, 0) is 6.07 Å². The highest BCUT2D eigenvalue weighted by Gasteiger charge is 2.48. The number of halogens is 1. The minimum absolute atomic E-state index is 0.0642. The molecule has 0 radical (unpaired) electrons. The zero-order chi connectivity index (χ0) is 14.3. The second-order valence-corrected chi connectivity index (χ2v) is 4.52. The highest BCUT2D eigenvalue weighted by molar-refractivity contribution is 5.87. The third kappa shape index (κ3) is 2.12. The van der Waals surface area contributed by atoms with Gasteiger partial charge in [0.15, 0.2) is 17.6 Å². The number of ether oxygens (including phenoxy) is 3. The molecular formula is C12H10FNO6. The molecule has 0 bridgehead atoms. The van der Waals surface area contributed by atoms with E-state index in [9.17, 15) is 19.3 Å². The number of benzene rings is 1. The van der Waals surface area contributed by atoms with Gasteiger partial charge in [0.1, 0.15) is 24.6 Å². The molecule has 0 saturated carbocycles. The molecule has 3 atom stereocenters. The fourth-order valence-corrected chi connectivity index (χ4v) is 2.31. The molecule has 0 amide bonds. The largest absolute Gasteiger partial charge is 0.478 e. The maximum atomic E-state index is 13.2. The number of carbonyl (C=O) groups is 1. The smallest absolute Gasteiger partial charge is 0.311 e. The number of hydrogen-bond donors (Lipinski definition) is 0. The zero-order valence-electron chi connectivity index (χ0n) is 10.2. The topological polar surface area (TPSA) is 87.9 Å². The molecule has 3 rings (SSSR count). The van der Waals surface area contributed by atoms with Gasteiger partial charge in [-0.2, -0.15) is 0 Å². The Morgan fingerprint density at radius 2 is 2.20 bits per heavy atom. The first-order valence-electron chi connectivity index (χ1n) is 5.93. The lowest BCUT2D eigenvalue weighted by molar-refractivity contribution is -0.386. The average molecular weight is 283 g/mol. The standard InChI is InChI=1S/C12H10FNO6/c13-6-1-2-7(14(16)17)9(3-6)20-10-5-19-11-8(15)4-18-12(10)11/h1-3,10-12H,4-5H2. The number of rotatable bonds is 3. The Bertz CT molecular complexity index is 577. The van der Waals surface area contributed by atoms with E-state index in [1.165, 1.54) is 0 Å². The van der Waals surface area contributed by atoms with Crippen LogP contribution in [0.25, 0.3) is 0 Å². The van der Waals surface area contributed by atoms with Crippen molar-refractivity contribution in [3.05, 3.63) is 34.1 Å². The Kier molecular flexibility index (Phi) is 3.11. The molecule has 0 aromatic heterocycles. The second-order valence-electron chi connectivity index (χ2n) is 4.52. The van der Waals surface area contributed by atoms with Crippen LogP contribution in [0, 0.1) is 15.9 Å². The van der Waals surface area contributed by atoms with E-state index < -0.39 is 29.1 Å². The fraction of sp³-hybridized carbons (Fsp3) is 0.417. The minimum atomic E-state index is -0.701. The summed E-state index contributed by atoms with van der Waals surface area (Å²) in [6.45, 7) is -0.00478. The molecule has 1 aromatic rings. The quantitative estimate of drug-likeness (QED) is 0.603. The summed E-state index contributed by atoms with van der Waals surface area (Å²) in [5, 5.41) is 10.9. The summed E-state index contributed by atoms with van der Waals surface area (Å²) in [6, 6.07) is 2.94. The van der Waals surface area contributed by atoms with Gasteiger partial charge in [0, 0.05) is 12.1 Å². The Morgan fingerprint density at radius 3 is 2.95 bits per heavy atom. The summed E-state index contributed by atoms with van der Waals surface area (Å²) in [6.07, 6.45) is -1.98. The Labute approximate surface area is 112 Å². The number of hydrogen-bond acceptors (Lipinski definition) is 6. The average Bonchev–Trinajstić information content (AvgIpc) is 2.94. The normalized spacial score (nSPS) is 28.4. The lowest BCUT2D eigenvalue weighted by Gasteiger charge is -2.17. The second kappa shape index (κ2) is 4.80. The third-order valence-corrected chi connectivity index (χ3v) is 3.24. The Hall–Kier alpha value is -2.06. The van der Waals surface area contributed by atoms with Gasteiger partial charge in [-0.1, -0.05) is 0 Å². The molecule has 2 heterocycles.